The molecule has 0 aliphatic rings. The topological polar surface area (TPSA) is 61.5 Å². The molecule has 2 unspecified atom stereocenters. The van der Waals surface area contributed by atoms with Gasteiger partial charge < -0.3 is 15.1 Å². The van der Waals surface area contributed by atoms with Crippen LogP contribution in [0.1, 0.15) is 25.1 Å². The predicted octanol–water partition coefficient (Wildman–Crippen LogP) is 1.01. The van der Waals surface area contributed by atoms with Crippen LogP contribution in [-0.2, 0) is 6.54 Å². The molecule has 2 atom stereocenters. The van der Waals surface area contributed by atoms with Crippen LogP contribution < -0.4 is 0 Å². The second-order valence-corrected chi connectivity index (χ2v) is 5.18. The molecular formula is C11H20BrN3O2. The Labute approximate surface area is 110 Å². The molecular weight excluding hydrogens is 286 g/mol. The molecule has 0 bridgehead atoms. The second-order valence-electron chi connectivity index (χ2n) is 4.32. The van der Waals surface area contributed by atoms with E-state index in [0.29, 0.717) is 18.7 Å². The lowest BCUT2D eigenvalue weighted by Crippen LogP contribution is -2.24. The number of hydrogen-bond acceptors (Lipinski definition) is 4. The highest BCUT2D eigenvalue weighted by Gasteiger charge is 2.23. The van der Waals surface area contributed by atoms with Crippen molar-refractivity contribution in [3.05, 3.63) is 16.4 Å². The Bertz CT molecular complexity index is 354. The van der Waals surface area contributed by atoms with Crippen LogP contribution >= 0.6 is 15.9 Å². The average molecular weight is 306 g/mol. The third kappa shape index (κ3) is 3.77. The Kier molecular flexibility index (Phi) is 5.58. The van der Waals surface area contributed by atoms with Gasteiger partial charge in [0, 0.05) is 6.54 Å². The molecule has 17 heavy (non-hydrogen) atoms. The van der Waals surface area contributed by atoms with Gasteiger partial charge in [-0.2, -0.15) is 5.10 Å². The van der Waals surface area contributed by atoms with Gasteiger partial charge in [0.1, 0.15) is 6.10 Å². The van der Waals surface area contributed by atoms with E-state index in [1.54, 1.807) is 10.9 Å². The first kappa shape index (κ1) is 14.6. The van der Waals surface area contributed by atoms with Crippen molar-refractivity contribution < 1.29 is 10.2 Å². The summed E-state index contributed by atoms with van der Waals surface area (Å²) < 4.78 is 2.46. The van der Waals surface area contributed by atoms with Crippen molar-refractivity contribution in [3.8, 4) is 0 Å². The summed E-state index contributed by atoms with van der Waals surface area (Å²) in [5.41, 5.74) is 0.640. The van der Waals surface area contributed by atoms with E-state index < -0.39 is 12.2 Å². The van der Waals surface area contributed by atoms with Gasteiger partial charge in [0.15, 0.2) is 0 Å². The third-order valence-corrected chi connectivity index (χ3v) is 3.27. The summed E-state index contributed by atoms with van der Waals surface area (Å²) in [5.74, 6) is 0. The van der Waals surface area contributed by atoms with Crippen LogP contribution in [0.4, 0.5) is 0 Å². The van der Waals surface area contributed by atoms with Gasteiger partial charge in [-0.05, 0) is 36.4 Å². The zero-order chi connectivity index (χ0) is 13.0. The van der Waals surface area contributed by atoms with E-state index in [9.17, 15) is 10.2 Å². The molecule has 0 spiro atoms. The summed E-state index contributed by atoms with van der Waals surface area (Å²) in [4.78, 5) is 2.04. The quantitative estimate of drug-likeness (QED) is 0.823. The van der Waals surface area contributed by atoms with Crippen molar-refractivity contribution in [2.24, 2.45) is 0 Å². The summed E-state index contributed by atoms with van der Waals surface area (Å²) in [6.45, 7) is 3.35. The van der Waals surface area contributed by atoms with E-state index in [1.807, 2.05) is 25.9 Å². The van der Waals surface area contributed by atoms with Crippen molar-refractivity contribution in [1.82, 2.24) is 14.7 Å². The standard InChI is InChI=1S/C11H20BrN3O2/c1-4-9(16)11(17)10-8(12)7-13-15(10)6-5-14(2)3/h7,9,11,16-17H,4-6H2,1-3H3. The van der Waals surface area contributed by atoms with Gasteiger partial charge in [-0.1, -0.05) is 6.92 Å². The first-order valence-corrected chi connectivity index (χ1v) is 6.48. The Balaban J connectivity index is 2.85. The van der Waals surface area contributed by atoms with Crippen molar-refractivity contribution >= 4 is 15.9 Å². The monoisotopic (exact) mass is 305 g/mol. The van der Waals surface area contributed by atoms with Crippen LogP contribution in [0.3, 0.4) is 0 Å². The van der Waals surface area contributed by atoms with E-state index >= 15 is 0 Å². The van der Waals surface area contributed by atoms with E-state index in [1.165, 1.54) is 0 Å². The smallest absolute Gasteiger partial charge is 0.123 e. The lowest BCUT2D eigenvalue weighted by atomic mass is 10.1. The number of halogens is 1. The maximum absolute atomic E-state index is 10.1. The highest BCUT2D eigenvalue weighted by atomic mass is 79.9. The second kappa shape index (κ2) is 6.49. The summed E-state index contributed by atoms with van der Waals surface area (Å²) in [6, 6.07) is 0. The van der Waals surface area contributed by atoms with Gasteiger partial charge in [-0.3, -0.25) is 4.68 Å². The molecule has 1 rings (SSSR count). The molecule has 1 heterocycles. The van der Waals surface area contributed by atoms with Gasteiger partial charge in [-0.15, -0.1) is 0 Å². The number of rotatable bonds is 6. The van der Waals surface area contributed by atoms with Crippen LogP contribution in [0.15, 0.2) is 10.7 Å². The largest absolute Gasteiger partial charge is 0.390 e. The molecule has 0 saturated carbocycles. The molecule has 0 amide bonds. The van der Waals surface area contributed by atoms with Gasteiger partial charge >= 0.3 is 0 Å². The fourth-order valence-corrected chi connectivity index (χ4v) is 2.08. The first-order chi connectivity index (χ1) is 7.97. The maximum atomic E-state index is 10.1. The van der Waals surface area contributed by atoms with Crippen LogP contribution in [0.2, 0.25) is 0 Å². The van der Waals surface area contributed by atoms with Crippen molar-refractivity contribution in [3.63, 3.8) is 0 Å². The summed E-state index contributed by atoms with van der Waals surface area (Å²) in [7, 11) is 3.96. The molecule has 6 heteroatoms. The van der Waals surface area contributed by atoms with Crippen molar-refractivity contribution in [1.29, 1.82) is 0 Å². The minimum Gasteiger partial charge on any atom is -0.390 e. The minimum absolute atomic E-state index is 0.506. The van der Waals surface area contributed by atoms with E-state index in [2.05, 4.69) is 21.0 Å². The van der Waals surface area contributed by atoms with Gasteiger partial charge in [0.25, 0.3) is 0 Å². The first-order valence-electron chi connectivity index (χ1n) is 5.69. The van der Waals surface area contributed by atoms with Gasteiger partial charge in [0.05, 0.1) is 29.0 Å². The van der Waals surface area contributed by atoms with Crippen molar-refractivity contribution in [2.75, 3.05) is 20.6 Å². The molecule has 0 radical (unpaired) electrons. The molecule has 2 N–H and O–H groups in total. The molecule has 5 nitrogen and oxygen atoms in total. The average Bonchev–Trinajstić information content (AvgIpc) is 2.65. The number of hydrogen-bond donors (Lipinski definition) is 2. The summed E-state index contributed by atoms with van der Waals surface area (Å²) in [5, 5.41) is 24.0. The number of nitrogens with zero attached hydrogens (tertiary/aromatic N) is 3. The molecule has 1 aromatic rings. The Morgan fingerprint density at radius 1 is 1.47 bits per heavy atom. The van der Waals surface area contributed by atoms with E-state index in [-0.39, 0.29) is 0 Å². The number of aliphatic hydroxyl groups excluding tert-OH is 2. The van der Waals surface area contributed by atoms with Crippen LogP contribution in [0.25, 0.3) is 0 Å². The molecule has 98 valence electrons. The third-order valence-electron chi connectivity index (χ3n) is 2.66. The zero-order valence-corrected chi connectivity index (χ0v) is 12.1. The Hall–Kier alpha value is -0.430. The summed E-state index contributed by atoms with van der Waals surface area (Å²) in [6.07, 6.45) is 0.489. The summed E-state index contributed by atoms with van der Waals surface area (Å²) >= 11 is 3.35. The fraction of sp³-hybridized carbons (Fsp3) is 0.727. The maximum Gasteiger partial charge on any atom is 0.123 e. The molecule has 0 aliphatic heterocycles. The van der Waals surface area contributed by atoms with Gasteiger partial charge in [0.2, 0.25) is 0 Å². The molecule has 0 fully saturated rings. The van der Waals surface area contributed by atoms with Crippen LogP contribution in [0, 0.1) is 0 Å². The lowest BCUT2D eigenvalue weighted by Gasteiger charge is -2.19. The minimum atomic E-state index is -0.904. The van der Waals surface area contributed by atoms with Crippen LogP contribution in [-0.4, -0.2) is 51.6 Å². The van der Waals surface area contributed by atoms with Crippen molar-refractivity contribution in [2.45, 2.75) is 32.1 Å². The zero-order valence-electron chi connectivity index (χ0n) is 10.5. The van der Waals surface area contributed by atoms with E-state index in [4.69, 9.17) is 0 Å². The Morgan fingerprint density at radius 2 is 2.12 bits per heavy atom. The highest BCUT2D eigenvalue weighted by molar-refractivity contribution is 9.10. The van der Waals surface area contributed by atoms with E-state index in [0.717, 1.165) is 11.0 Å². The molecule has 0 saturated heterocycles. The normalized spacial score (nSPS) is 15.2. The number of aromatic nitrogens is 2. The molecule has 0 aliphatic carbocycles. The van der Waals surface area contributed by atoms with Crippen LogP contribution in [0.5, 0.6) is 0 Å². The highest BCUT2D eigenvalue weighted by Crippen LogP contribution is 2.26. The predicted molar refractivity (Wildman–Crippen MR) is 69.7 cm³/mol. The lowest BCUT2D eigenvalue weighted by molar-refractivity contribution is 0.0105. The SMILES string of the molecule is CCC(O)C(O)c1c(Br)cnn1CCN(C)C. The van der Waals surface area contributed by atoms with Gasteiger partial charge in [-0.25, -0.2) is 0 Å². The molecule has 0 aromatic carbocycles. The number of likely N-dealkylation sites (N-methyl/N-ethyl adjacent to an activating group) is 1. The number of aliphatic hydroxyl groups is 2. The molecule has 1 aromatic heterocycles. The fourth-order valence-electron chi connectivity index (χ4n) is 1.54. The Morgan fingerprint density at radius 3 is 2.65 bits per heavy atom.